The maximum absolute atomic E-state index is 11.9. The first-order chi connectivity index (χ1) is 8.09. The number of thiophene rings is 1. The van der Waals surface area contributed by atoms with Gasteiger partial charge in [-0.25, -0.2) is 0 Å². The van der Waals surface area contributed by atoms with Gasteiger partial charge >= 0.3 is 5.97 Å². The number of nitrogens with zero attached hydrogens (tertiary/aromatic N) is 1. The monoisotopic (exact) mass is 253 g/mol. The lowest BCUT2D eigenvalue weighted by molar-refractivity contribution is -0.157. The van der Waals surface area contributed by atoms with E-state index in [4.69, 9.17) is 4.74 Å². The average molecular weight is 253 g/mol. The van der Waals surface area contributed by atoms with Crippen molar-refractivity contribution in [3.8, 4) is 0 Å². The van der Waals surface area contributed by atoms with Crippen LogP contribution >= 0.6 is 11.3 Å². The molecule has 0 N–H and O–H groups in total. The Morgan fingerprint density at radius 2 is 2.29 bits per heavy atom. The molecule has 2 rings (SSSR count). The fourth-order valence-electron chi connectivity index (χ4n) is 2.53. The summed E-state index contributed by atoms with van der Waals surface area (Å²) < 4.78 is 4.94. The van der Waals surface area contributed by atoms with Crippen molar-refractivity contribution in [3.63, 3.8) is 0 Å². The van der Waals surface area contributed by atoms with Crippen molar-refractivity contribution in [3.05, 3.63) is 17.0 Å². The Labute approximate surface area is 106 Å². The number of anilines is 1. The second-order valence-corrected chi connectivity index (χ2v) is 5.78. The first-order valence-electron chi connectivity index (χ1n) is 5.93. The van der Waals surface area contributed by atoms with Gasteiger partial charge in [-0.2, -0.15) is 0 Å². The third-order valence-corrected chi connectivity index (χ3v) is 4.78. The molecule has 0 atom stereocenters. The quantitative estimate of drug-likeness (QED) is 0.773. The molecule has 1 fully saturated rings. The second kappa shape index (κ2) is 4.69. The van der Waals surface area contributed by atoms with E-state index in [0.717, 1.165) is 25.8 Å². The van der Waals surface area contributed by atoms with Gasteiger partial charge in [0.1, 0.15) is 0 Å². The fourth-order valence-corrected chi connectivity index (χ4v) is 3.43. The SMILES string of the molecule is COC(=O)C1(CN(C)c2sccc2C)CCC1. The van der Waals surface area contributed by atoms with Gasteiger partial charge in [-0.3, -0.25) is 4.79 Å². The molecule has 4 heteroatoms. The van der Waals surface area contributed by atoms with Crippen molar-refractivity contribution in [2.75, 3.05) is 25.6 Å². The number of carbonyl (C=O) groups excluding carboxylic acids is 1. The van der Waals surface area contributed by atoms with Crippen molar-refractivity contribution < 1.29 is 9.53 Å². The molecule has 1 aliphatic rings. The maximum atomic E-state index is 11.9. The normalized spacial score (nSPS) is 17.4. The highest BCUT2D eigenvalue weighted by molar-refractivity contribution is 7.14. The van der Waals surface area contributed by atoms with E-state index < -0.39 is 0 Å². The van der Waals surface area contributed by atoms with Gasteiger partial charge in [0.15, 0.2) is 0 Å². The van der Waals surface area contributed by atoms with E-state index in [1.807, 2.05) is 0 Å². The lowest BCUT2D eigenvalue weighted by atomic mass is 9.68. The van der Waals surface area contributed by atoms with Crippen molar-refractivity contribution in [2.24, 2.45) is 5.41 Å². The van der Waals surface area contributed by atoms with E-state index in [9.17, 15) is 4.79 Å². The van der Waals surface area contributed by atoms with Crippen LogP contribution in [0, 0.1) is 12.3 Å². The van der Waals surface area contributed by atoms with E-state index in [1.165, 1.54) is 17.7 Å². The topological polar surface area (TPSA) is 29.5 Å². The number of methoxy groups -OCH3 is 1. The van der Waals surface area contributed by atoms with Crippen molar-refractivity contribution in [2.45, 2.75) is 26.2 Å². The lowest BCUT2D eigenvalue weighted by Gasteiger charge is -2.41. The van der Waals surface area contributed by atoms with Gasteiger partial charge in [0.05, 0.1) is 17.5 Å². The molecule has 0 spiro atoms. The molecule has 0 aliphatic heterocycles. The summed E-state index contributed by atoms with van der Waals surface area (Å²) in [5, 5.41) is 3.34. The van der Waals surface area contributed by atoms with Crippen LogP contribution in [0.5, 0.6) is 0 Å². The maximum Gasteiger partial charge on any atom is 0.313 e. The molecule has 1 heterocycles. The molecule has 17 heavy (non-hydrogen) atoms. The Hall–Kier alpha value is -1.03. The molecular weight excluding hydrogens is 234 g/mol. The van der Waals surface area contributed by atoms with Crippen LogP contribution in [-0.4, -0.2) is 26.7 Å². The van der Waals surface area contributed by atoms with Gasteiger partial charge in [0.25, 0.3) is 0 Å². The molecular formula is C13H19NO2S. The Bertz CT molecular complexity index is 409. The Morgan fingerprint density at radius 1 is 1.59 bits per heavy atom. The summed E-state index contributed by atoms with van der Waals surface area (Å²) in [6.45, 7) is 2.87. The highest BCUT2D eigenvalue weighted by Gasteiger charge is 2.46. The van der Waals surface area contributed by atoms with E-state index in [2.05, 4.69) is 30.3 Å². The zero-order chi connectivity index (χ0) is 12.5. The molecule has 0 aromatic carbocycles. The Kier molecular flexibility index (Phi) is 3.43. The van der Waals surface area contributed by atoms with Crippen LogP contribution in [-0.2, 0) is 9.53 Å². The molecule has 0 radical (unpaired) electrons. The van der Waals surface area contributed by atoms with Gasteiger partial charge < -0.3 is 9.64 Å². The zero-order valence-corrected chi connectivity index (χ0v) is 11.5. The van der Waals surface area contributed by atoms with Crippen LogP contribution in [0.1, 0.15) is 24.8 Å². The molecule has 1 saturated carbocycles. The van der Waals surface area contributed by atoms with E-state index in [0.29, 0.717) is 0 Å². The number of hydrogen-bond acceptors (Lipinski definition) is 4. The molecule has 1 aromatic rings. The van der Waals surface area contributed by atoms with Gasteiger partial charge in [0, 0.05) is 13.6 Å². The van der Waals surface area contributed by atoms with E-state index in [-0.39, 0.29) is 11.4 Å². The molecule has 0 bridgehead atoms. The minimum atomic E-state index is -0.264. The van der Waals surface area contributed by atoms with Crippen LogP contribution in [0.3, 0.4) is 0 Å². The first-order valence-corrected chi connectivity index (χ1v) is 6.81. The summed E-state index contributed by atoms with van der Waals surface area (Å²) in [5.74, 6) is -0.0511. The zero-order valence-electron chi connectivity index (χ0n) is 10.7. The molecule has 94 valence electrons. The molecule has 1 aromatic heterocycles. The van der Waals surface area contributed by atoms with Crippen LogP contribution < -0.4 is 4.90 Å². The van der Waals surface area contributed by atoms with Gasteiger partial charge in [-0.15, -0.1) is 11.3 Å². The molecule has 0 amide bonds. The van der Waals surface area contributed by atoms with Crippen LogP contribution in [0.15, 0.2) is 11.4 Å². The molecule has 0 saturated heterocycles. The summed E-state index contributed by atoms with van der Waals surface area (Å²) in [7, 11) is 3.54. The number of hydrogen-bond donors (Lipinski definition) is 0. The Balaban J connectivity index is 2.10. The van der Waals surface area contributed by atoms with Crippen LogP contribution in [0.2, 0.25) is 0 Å². The molecule has 0 unspecified atom stereocenters. The number of aryl methyl sites for hydroxylation is 1. The third kappa shape index (κ3) is 2.18. The Morgan fingerprint density at radius 3 is 2.71 bits per heavy atom. The predicted molar refractivity (Wildman–Crippen MR) is 70.6 cm³/mol. The van der Waals surface area contributed by atoms with Crippen LogP contribution in [0.25, 0.3) is 0 Å². The fraction of sp³-hybridized carbons (Fsp3) is 0.615. The minimum absolute atomic E-state index is 0.0511. The highest BCUT2D eigenvalue weighted by Crippen LogP contribution is 2.43. The third-order valence-electron chi connectivity index (χ3n) is 3.65. The summed E-state index contributed by atoms with van der Waals surface area (Å²) >= 11 is 1.73. The van der Waals surface area contributed by atoms with Crippen molar-refractivity contribution in [1.29, 1.82) is 0 Å². The second-order valence-electron chi connectivity index (χ2n) is 4.89. The van der Waals surface area contributed by atoms with E-state index >= 15 is 0 Å². The molecule has 3 nitrogen and oxygen atoms in total. The lowest BCUT2D eigenvalue weighted by Crippen LogP contribution is -2.47. The summed E-state index contributed by atoms with van der Waals surface area (Å²) in [5.41, 5.74) is 1.01. The average Bonchev–Trinajstić information content (AvgIpc) is 2.68. The summed E-state index contributed by atoms with van der Waals surface area (Å²) in [6, 6.07) is 2.11. The van der Waals surface area contributed by atoms with Crippen molar-refractivity contribution >= 4 is 22.3 Å². The number of rotatable bonds is 4. The summed E-state index contributed by atoms with van der Waals surface area (Å²) in [4.78, 5) is 14.1. The smallest absolute Gasteiger partial charge is 0.313 e. The standard InChI is InChI=1S/C13H19NO2S/c1-10-5-8-17-11(10)14(2)9-13(6-4-7-13)12(15)16-3/h5,8H,4,6-7,9H2,1-3H3. The number of ether oxygens (including phenoxy) is 1. The highest BCUT2D eigenvalue weighted by atomic mass is 32.1. The number of carbonyl (C=O) groups is 1. The predicted octanol–water partition coefficient (Wildman–Crippen LogP) is 2.84. The summed E-state index contributed by atoms with van der Waals surface area (Å²) in [6.07, 6.45) is 3.04. The number of esters is 1. The minimum Gasteiger partial charge on any atom is -0.469 e. The van der Waals surface area contributed by atoms with Gasteiger partial charge in [-0.1, -0.05) is 6.42 Å². The van der Waals surface area contributed by atoms with Crippen LogP contribution in [0.4, 0.5) is 5.00 Å². The molecule has 1 aliphatic carbocycles. The first kappa shape index (κ1) is 12.4. The van der Waals surface area contributed by atoms with Gasteiger partial charge in [0.2, 0.25) is 0 Å². The van der Waals surface area contributed by atoms with E-state index in [1.54, 1.807) is 11.3 Å². The van der Waals surface area contributed by atoms with Crippen molar-refractivity contribution in [1.82, 2.24) is 0 Å². The largest absolute Gasteiger partial charge is 0.469 e. The van der Waals surface area contributed by atoms with Gasteiger partial charge in [-0.05, 0) is 36.8 Å².